The van der Waals surface area contributed by atoms with Crippen LogP contribution in [0, 0.1) is 5.82 Å². The summed E-state index contributed by atoms with van der Waals surface area (Å²) in [5.41, 5.74) is 1.09. The van der Waals surface area contributed by atoms with Gasteiger partial charge in [0.2, 0.25) is 0 Å². The van der Waals surface area contributed by atoms with Crippen molar-refractivity contribution in [1.29, 1.82) is 0 Å². The number of fused-ring (bicyclic) bond motifs is 1. The normalized spacial score (nSPS) is 10.9. The van der Waals surface area contributed by atoms with Gasteiger partial charge in [0.15, 0.2) is 5.76 Å². The molecule has 90 valence electrons. The van der Waals surface area contributed by atoms with Gasteiger partial charge in [-0.05, 0) is 18.2 Å². The Balaban J connectivity index is 2.13. The second-order valence-corrected chi connectivity index (χ2v) is 3.72. The lowest BCUT2D eigenvalue weighted by atomic mass is 10.2. The van der Waals surface area contributed by atoms with Crippen LogP contribution in [-0.2, 0) is 0 Å². The molecule has 2 N–H and O–H groups in total. The number of aromatic amines is 1. The maximum Gasteiger partial charge on any atom is 0.392 e. The van der Waals surface area contributed by atoms with Crippen molar-refractivity contribution < 1.29 is 18.7 Å². The lowest BCUT2D eigenvalue weighted by Crippen LogP contribution is -1.94. The van der Waals surface area contributed by atoms with Gasteiger partial charge in [-0.15, -0.1) is 0 Å². The average molecular weight is 246 g/mol. The van der Waals surface area contributed by atoms with Crippen LogP contribution in [0.2, 0.25) is 0 Å². The van der Waals surface area contributed by atoms with Crippen molar-refractivity contribution in [2.24, 2.45) is 0 Å². The van der Waals surface area contributed by atoms with E-state index in [1.807, 2.05) is 0 Å². The standard InChI is InChI=1S/C12H7FN2O3/c13-7-2-1-3-8-6(7)4-9(15-8)10-5-14-11(18-10)12(16)17/h1-5,15H,(H,16,17). The van der Waals surface area contributed by atoms with Crippen molar-refractivity contribution in [2.75, 3.05) is 0 Å². The molecular formula is C12H7FN2O3. The van der Waals surface area contributed by atoms with Crippen LogP contribution in [0.3, 0.4) is 0 Å². The molecule has 3 rings (SSSR count). The number of carbonyl (C=O) groups is 1. The van der Waals surface area contributed by atoms with Crippen molar-refractivity contribution in [3.05, 3.63) is 42.2 Å². The number of hydrogen-bond acceptors (Lipinski definition) is 3. The molecule has 0 aliphatic carbocycles. The van der Waals surface area contributed by atoms with E-state index in [0.29, 0.717) is 16.6 Å². The largest absolute Gasteiger partial charge is 0.474 e. The summed E-state index contributed by atoms with van der Waals surface area (Å²) < 4.78 is 18.5. The summed E-state index contributed by atoms with van der Waals surface area (Å²) in [5.74, 6) is -1.75. The zero-order valence-electron chi connectivity index (χ0n) is 8.98. The molecule has 0 spiro atoms. The van der Waals surface area contributed by atoms with Crippen LogP contribution < -0.4 is 0 Å². The fraction of sp³-hybridized carbons (Fsp3) is 0. The van der Waals surface area contributed by atoms with E-state index in [1.165, 1.54) is 12.3 Å². The van der Waals surface area contributed by atoms with Crippen molar-refractivity contribution in [1.82, 2.24) is 9.97 Å². The predicted octanol–water partition coefficient (Wildman–Crippen LogP) is 2.66. The highest BCUT2D eigenvalue weighted by Gasteiger charge is 2.14. The second-order valence-electron chi connectivity index (χ2n) is 3.72. The first kappa shape index (κ1) is 10.5. The number of hydrogen-bond donors (Lipinski definition) is 2. The van der Waals surface area contributed by atoms with Gasteiger partial charge in [0.05, 0.1) is 11.9 Å². The summed E-state index contributed by atoms with van der Waals surface area (Å²) in [6.07, 6.45) is 1.28. The highest BCUT2D eigenvalue weighted by Crippen LogP contribution is 2.26. The number of nitrogens with zero attached hydrogens (tertiary/aromatic N) is 1. The monoisotopic (exact) mass is 246 g/mol. The topological polar surface area (TPSA) is 79.1 Å². The highest BCUT2D eigenvalue weighted by molar-refractivity contribution is 5.86. The zero-order valence-corrected chi connectivity index (χ0v) is 8.98. The number of rotatable bonds is 2. The Hall–Kier alpha value is -2.63. The van der Waals surface area contributed by atoms with Gasteiger partial charge in [-0.3, -0.25) is 0 Å². The summed E-state index contributed by atoms with van der Waals surface area (Å²) in [6, 6.07) is 6.21. The van der Waals surface area contributed by atoms with Gasteiger partial charge in [0, 0.05) is 10.9 Å². The summed E-state index contributed by atoms with van der Waals surface area (Å²) in [5, 5.41) is 9.12. The van der Waals surface area contributed by atoms with Gasteiger partial charge in [-0.25, -0.2) is 14.2 Å². The van der Waals surface area contributed by atoms with E-state index in [9.17, 15) is 9.18 Å². The molecule has 0 radical (unpaired) electrons. The Kier molecular flexibility index (Phi) is 2.16. The first-order valence-corrected chi connectivity index (χ1v) is 5.12. The van der Waals surface area contributed by atoms with Crippen LogP contribution in [0.25, 0.3) is 22.4 Å². The molecule has 5 nitrogen and oxygen atoms in total. The van der Waals surface area contributed by atoms with Crippen molar-refractivity contribution >= 4 is 16.9 Å². The van der Waals surface area contributed by atoms with E-state index < -0.39 is 11.9 Å². The average Bonchev–Trinajstić information content (AvgIpc) is 2.95. The molecule has 0 saturated carbocycles. The maximum atomic E-state index is 13.5. The van der Waals surface area contributed by atoms with Crippen LogP contribution in [0.15, 0.2) is 34.9 Å². The number of oxazole rings is 1. The third kappa shape index (κ3) is 1.55. The molecule has 0 aliphatic heterocycles. The summed E-state index contributed by atoms with van der Waals surface area (Å²) >= 11 is 0. The third-order valence-electron chi connectivity index (χ3n) is 2.57. The molecule has 2 heterocycles. The SMILES string of the molecule is O=C(O)c1ncc(-c2cc3c(F)cccc3[nH]2)o1. The smallest absolute Gasteiger partial charge is 0.392 e. The molecule has 0 bridgehead atoms. The summed E-state index contributed by atoms with van der Waals surface area (Å²) in [6.45, 7) is 0. The molecule has 0 atom stereocenters. The molecule has 0 aliphatic rings. The van der Waals surface area contributed by atoms with Gasteiger partial charge < -0.3 is 14.5 Å². The molecule has 0 fully saturated rings. The van der Waals surface area contributed by atoms with Crippen molar-refractivity contribution in [3.8, 4) is 11.5 Å². The van der Waals surface area contributed by atoms with Crippen LogP contribution >= 0.6 is 0 Å². The van der Waals surface area contributed by atoms with E-state index in [1.54, 1.807) is 18.2 Å². The Labute approximate surface area is 99.9 Å². The minimum atomic E-state index is -1.25. The zero-order chi connectivity index (χ0) is 12.7. The van der Waals surface area contributed by atoms with Gasteiger partial charge >= 0.3 is 11.9 Å². The van der Waals surface area contributed by atoms with E-state index >= 15 is 0 Å². The fourth-order valence-electron chi connectivity index (χ4n) is 1.75. The molecule has 0 unspecified atom stereocenters. The second kappa shape index (κ2) is 3.69. The highest BCUT2D eigenvalue weighted by atomic mass is 19.1. The number of aromatic nitrogens is 2. The van der Waals surface area contributed by atoms with Crippen LogP contribution in [0.5, 0.6) is 0 Å². The maximum absolute atomic E-state index is 13.5. The minimum absolute atomic E-state index is 0.253. The van der Waals surface area contributed by atoms with Crippen molar-refractivity contribution in [2.45, 2.75) is 0 Å². The first-order valence-electron chi connectivity index (χ1n) is 5.12. The fourth-order valence-corrected chi connectivity index (χ4v) is 1.75. The van der Waals surface area contributed by atoms with Gasteiger partial charge in [-0.1, -0.05) is 6.07 Å². The Bertz CT molecular complexity index is 745. The Morgan fingerprint density at radius 1 is 1.44 bits per heavy atom. The molecular weight excluding hydrogens is 239 g/mol. The quantitative estimate of drug-likeness (QED) is 0.728. The Morgan fingerprint density at radius 3 is 2.94 bits per heavy atom. The number of benzene rings is 1. The molecule has 0 amide bonds. The minimum Gasteiger partial charge on any atom is -0.474 e. The lowest BCUT2D eigenvalue weighted by molar-refractivity contribution is 0.0654. The van der Waals surface area contributed by atoms with Gasteiger partial charge in [-0.2, -0.15) is 0 Å². The number of carboxylic acid groups (broad SMARTS) is 1. The number of aromatic carboxylic acids is 1. The number of H-pyrrole nitrogens is 1. The van der Waals surface area contributed by atoms with E-state index in [2.05, 4.69) is 9.97 Å². The Morgan fingerprint density at radius 2 is 2.28 bits per heavy atom. The third-order valence-corrected chi connectivity index (χ3v) is 2.57. The lowest BCUT2D eigenvalue weighted by Gasteiger charge is -1.89. The van der Waals surface area contributed by atoms with Crippen LogP contribution in [-0.4, -0.2) is 21.0 Å². The molecule has 1 aromatic carbocycles. The van der Waals surface area contributed by atoms with Gasteiger partial charge in [0.1, 0.15) is 5.82 Å². The first-order chi connectivity index (χ1) is 8.65. The van der Waals surface area contributed by atoms with E-state index in [-0.39, 0.29) is 11.6 Å². The number of nitrogens with one attached hydrogen (secondary N) is 1. The van der Waals surface area contributed by atoms with Crippen molar-refractivity contribution in [3.63, 3.8) is 0 Å². The molecule has 3 aromatic rings. The summed E-state index contributed by atoms with van der Waals surface area (Å²) in [7, 11) is 0. The molecule has 0 saturated heterocycles. The number of carboxylic acids is 1. The molecule has 18 heavy (non-hydrogen) atoms. The van der Waals surface area contributed by atoms with E-state index in [4.69, 9.17) is 9.52 Å². The van der Waals surface area contributed by atoms with Crippen LogP contribution in [0.4, 0.5) is 4.39 Å². The molecule has 2 aromatic heterocycles. The summed E-state index contributed by atoms with van der Waals surface area (Å²) in [4.78, 5) is 17.2. The van der Waals surface area contributed by atoms with E-state index in [0.717, 1.165) is 0 Å². The predicted molar refractivity (Wildman–Crippen MR) is 60.7 cm³/mol. The number of halogens is 1. The van der Waals surface area contributed by atoms with Crippen LogP contribution in [0.1, 0.15) is 10.7 Å². The van der Waals surface area contributed by atoms with Gasteiger partial charge in [0.25, 0.3) is 0 Å². The molecule has 6 heteroatoms.